The molecule has 0 spiro atoms. The monoisotopic (exact) mass is 205 g/mol. The molecular weight excluding hydrogens is 196 g/mol. The Morgan fingerprint density at radius 2 is 1.60 bits per heavy atom. The molecule has 0 aliphatic rings. The summed E-state index contributed by atoms with van der Waals surface area (Å²) >= 11 is 0. The number of anilines is 1. The summed E-state index contributed by atoms with van der Waals surface area (Å²) in [6.07, 6.45) is 0. The second-order valence-electron chi connectivity index (χ2n) is 3.21. The summed E-state index contributed by atoms with van der Waals surface area (Å²) in [4.78, 5) is 0. The Morgan fingerprint density at radius 1 is 0.867 bits per heavy atom. The zero-order valence-corrected chi connectivity index (χ0v) is 7.87. The van der Waals surface area contributed by atoms with Gasteiger partial charge in [0.05, 0.1) is 0 Å². The fourth-order valence-corrected chi connectivity index (χ4v) is 1.46. The van der Waals surface area contributed by atoms with E-state index in [2.05, 4.69) is 0 Å². The van der Waals surface area contributed by atoms with Crippen LogP contribution in [0.25, 0.3) is 11.1 Å². The highest BCUT2D eigenvalue weighted by molar-refractivity contribution is 5.76. The summed E-state index contributed by atoms with van der Waals surface area (Å²) in [5, 5.41) is 0. The maximum absolute atomic E-state index is 13.4. The molecule has 0 aliphatic heterocycles. The van der Waals surface area contributed by atoms with E-state index in [0.29, 0.717) is 11.1 Å². The first-order valence-corrected chi connectivity index (χ1v) is 4.48. The van der Waals surface area contributed by atoms with Crippen LogP contribution in [-0.2, 0) is 0 Å². The van der Waals surface area contributed by atoms with Crippen molar-refractivity contribution >= 4 is 5.69 Å². The number of nitrogen functional groups attached to an aromatic ring is 1. The lowest BCUT2D eigenvalue weighted by atomic mass is 10.0. The Balaban J connectivity index is 2.60. The lowest BCUT2D eigenvalue weighted by Crippen LogP contribution is -1.93. The minimum absolute atomic E-state index is 0.236. The highest BCUT2D eigenvalue weighted by Gasteiger charge is 2.07. The van der Waals surface area contributed by atoms with E-state index < -0.39 is 5.82 Å². The molecule has 0 bridgehead atoms. The molecule has 0 saturated carbocycles. The molecule has 2 aromatic rings. The zero-order valence-electron chi connectivity index (χ0n) is 7.87. The van der Waals surface area contributed by atoms with Gasteiger partial charge in [-0.2, -0.15) is 0 Å². The van der Waals surface area contributed by atoms with Gasteiger partial charge in [-0.25, -0.2) is 8.78 Å². The lowest BCUT2D eigenvalue weighted by molar-refractivity contribution is 0.626. The van der Waals surface area contributed by atoms with Crippen molar-refractivity contribution in [2.75, 3.05) is 5.73 Å². The van der Waals surface area contributed by atoms with E-state index in [-0.39, 0.29) is 11.5 Å². The molecule has 2 N–H and O–H groups in total. The van der Waals surface area contributed by atoms with Crippen molar-refractivity contribution in [3.05, 3.63) is 54.1 Å². The van der Waals surface area contributed by atoms with Crippen molar-refractivity contribution in [3.8, 4) is 11.1 Å². The lowest BCUT2D eigenvalue weighted by Gasteiger charge is -2.06. The van der Waals surface area contributed by atoms with E-state index in [4.69, 9.17) is 5.73 Å². The number of rotatable bonds is 1. The average molecular weight is 205 g/mol. The Bertz CT molecular complexity index is 495. The van der Waals surface area contributed by atoms with Crippen LogP contribution < -0.4 is 5.73 Å². The van der Waals surface area contributed by atoms with Crippen LogP contribution in [0, 0.1) is 11.6 Å². The molecule has 0 saturated heterocycles. The number of hydrogen-bond donors (Lipinski definition) is 1. The average Bonchev–Trinajstić information content (AvgIpc) is 2.20. The predicted molar refractivity (Wildman–Crippen MR) is 56.2 cm³/mol. The highest BCUT2D eigenvalue weighted by atomic mass is 19.1. The quantitative estimate of drug-likeness (QED) is 0.711. The van der Waals surface area contributed by atoms with Crippen molar-refractivity contribution in [2.24, 2.45) is 0 Å². The summed E-state index contributed by atoms with van der Waals surface area (Å²) in [6.45, 7) is 0. The molecule has 1 nitrogen and oxygen atoms in total. The normalized spacial score (nSPS) is 10.3. The van der Waals surface area contributed by atoms with Crippen molar-refractivity contribution in [2.45, 2.75) is 0 Å². The van der Waals surface area contributed by atoms with E-state index in [1.165, 1.54) is 24.3 Å². The maximum Gasteiger partial charge on any atom is 0.131 e. The van der Waals surface area contributed by atoms with Crippen LogP contribution in [0.15, 0.2) is 42.5 Å². The van der Waals surface area contributed by atoms with Crippen molar-refractivity contribution in [3.63, 3.8) is 0 Å². The van der Waals surface area contributed by atoms with Crippen molar-refractivity contribution < 1.29 is 8.78 Å². The fourth-order valence-electron chi connectivity index (χ4n) is 1.46. The molecular formula is C12H9F2N. The van der Waals surface area contributed by atoms with Gasteiger partial charge in [0.25, 0.3) is 0 Å². The number of halogens is 2. The highest BCUT2D eigenvalue weighted by Crippen LogP contribution is 2.28. The second-order valence-corrected chi connectivity index (χ2v) is 3.21. The largest absolute Gasteiger partial charge is 0.398 e. The van der Waals surface area contributed by atoms with E-state index in [1.807, 2.05) is 0 Å². The van der Waals surface area contributed by atoms with Crippen LogP contribution in [0.3, 0.4) is 0 Å². The van der Waals surface area contributed by atoms with E-state index >= 15 is 0 Å². The topological polar surface area (TPSA) is 26.0 Å². The van der Waals surface area contributed by atoms with Gasteiger partial charge < -0.3 is 5.73 Å². The number of nitrogens with two attached hydrogens (primary N) is 1. The number of benzene rings is 2. The Hall–Kier alpha value is -1.90. The van der Waals surface area contributed by atoms with Crippen LogP contribution in [0.1, 0.15) is 0 Å². The minimum Gasteiger partial charge on any atom is -0.398 e. The molecule has 2 aromatic carbocycles. The Kier molecular flexibility index (Phi) is 2.37. The molecule has 0 atom stereocenters. The van der Waals surface area contributed by atoms with Gasteiger partial charge in [0.15, 0.2) is 0 Å². The first-order valence-electron chi connectivity index (χ1n) is 4.48. The molecule has 0 aromatic heterocycles. The van der Waals surface area contributed by atoms with Gasteiger partial charge >= 0.3 is 0 Å². The molecule has 0 unspecified atom stereocenters. The third-order valence-corrected chi connectivity index (χ3v) is 2.18. The van der Waals surface area contributed by atoms with Gasteiger partial charge in [0, 0.05) is 16.8 Å². The van der Waals surface area contributed by atoms with Crippen molar-refractivity contribution in [1.29, 1.82) is 0 Å². The molecule has 15 heavy (non-hydrogen) atoms. The molecule has 2 rings (SSSR count). The van der Waals surface area contributed by atoms with Crippen molar-refractivity contribution in [1.82, 2.24) is 0 Å². The van der Waals surface area contributed by atoms with Gasteiger partial charge in [-0.15, -0.1) is 0 Å². The van der Waals surface area contributed by atoms with E-state index in [1.54, 1.807) is 18.2 Å². The Morgan fingerprint density at radius 3 is 2.27 bits per heavy atom. The summed E-state index contributed by atoms with van der Waals surface area (Å²) in [5.74, 6) is -0.789. The molecule has 0 amide bonds. The van der Waals surface area contributed by atoms with Crippen LogP contribution in [0.2, 0.25) is 0 Å². The fraction of sp³-hybridized carbons (Fsp3) is 0. The van der Waals surface area contributed by atoms with Crippen LogP contribution in [0.5, 0.6) is 0 Å². The SMILES string of the molecule is Nc1cc(F)ccc1-c1ccccc1F. The summed E-state index contributed by atoms with van der Waals surface area (Å²) in [7, 11) is 0. The summed E-state index contributed by atoms with van der Waals surface area (Å²) in [6, 6.07) is 10.2. The standard InChI is InChI=1S/C12H9F2N/c13-8-5-6-10(12(15)7-8)9-3-1-2-4-11(9)14/h1-7H,15H2. The van der Waals surface area contributed by atoms with Gasteiger partial charge in [0.1, 0.15) is 11.6 Å². The smallest absolute Gasteiger partial charge is 0.131 e. The van der Waals surface area contributed by atoms with E-state index in [9.17, 15) is 8.78 Å². The van der Waals surface area contributed by atoms with Gasteiger partial charge in [-0.3, -0.25) is 0 Å². The number of hydrogen-bond acceptors (Lipinski definition) is 1. The van der Waals surface area contributed by atoms with Gasteiger partial charge in [-0.1, -0.05) is 18.2 Å². The molecule has 0 radical (unpaired) electrons. The molecule has 0 fully saturated rings. The minimum atomic E-state index is -0.424. The molecule has 76 valence electrons. The third-order valence-electron chi connectivity index (χ3n) is 2.18. The van der Waals surface area contributed by atoms with E-state index in [0.717, 1.165) is 0 Å². The third kappa shape index (κ3) is 1.81. The van der Waals surface area contributed by atoms with Gasteiger partial charge in [-0.05, 0) is 24.3 Å². The summed E-state index contributed by atoms with van der Waals surface area (Å²) < 4.78 is 26.2. The second kappa shape index (κ2) is 3.69. The first-order chi connectivity index (χ1) is 7.18. The van der Waals surface area contributed by atoms with Crippen LogP contribution in [0.4, 0.5) is 14.5 Å². The zero-order chi connectivity index (χ0) is 10.8. The van der Waals surface area contributed by atoms with Crippen LogP contribution >= 0.6 is 0 Å². The first kappa shape index (κ1) is 9.65. The molecule has 0 aliphatic carbocycles. The molecule has 3 heteroatoms. The predicted octanol–water partition coefficient (Wildman–Crippen LogP) is 3.21. The summed E-state index contributed by atoms with van der Waals surface area (Å²) in [5.41, 5.74) is 6.74. The van der Waals surface area contributed by atoms with Crippen LogP contribution in [-0.4, -0.2) is 0 Å². The molecule has 0 heterocycles. The maximum atomic E-state index is 13.4. The Labute approximate surface area is 86.2 Å². The van der Waals surface area contributed by atoms with Gasteiger partial charge in [0.2, 0.25) is 0 Å².